The Morgan fingerprint density at radius 3 is 1.94 bits per heavy atom. The molecule has 1 aromatic rings. The van der Waals surface area contributed by atoms with E-state index in [1.165, 1.54) is 14.2 Å². The normalized spacial score (nSPS) is 12.8. The van der Waals surface area contributed by atoms with E-state index >= 15 is 0 Å². The minimum absolute atomic E-state index is 0.783. The number of benzene rings is 1. The zero-order valence-corrected chi connectivity index (χ0v) is 12.9. The first-order valence-electron chi connectivity index (χ1n) is 4.67. The molecule has 16 heavy (non-hydrogen) atoms. The molecule has 0 amide bonds. The molecule has 0 atom stereocenters. The van der Waals surface area contributed by atoms with Crippen molar-refractivity contribution in [3.8, 4) is 0 Å². The molecule has 0 unspecified atom stereocenters. The monoisotopic (exact) mass is 296 g/mol. The van der Waals surface area contributed by atoms with Crippen molar-refractivity contribution in [3.05, 3.63) is 30.3 Å². The van der Waals surface area contributed by atoms with Gasteiger partial charge in [-0.1, -0.05) is 30.3 Å². The van der Waals surface area contributed by atoms with Crippen LogP contribution in [-0.4, -0.2) is 30.0 Å². The second-order valence-corrected chi connectivity index (χ2v) is 12.0. The summed E-state index contributed by atoms with van der Waals surface area (Å²) in [5, 5.41) is 0.783. The van der Waals surface area contributed by atoms with Gasteiger partial charge in [-0.25, -0.2) is 0 Å². The summed E-state index contributed by atoms with van der Waals surface area (Å²) < 4.78 is 16.1. The highest BCUT2D eigenvalue weighted by Gasteiger charge is 2.45. The summed E-state index contributed by atoms with van der Waals surface area (Å²) in [6, 6.07) is 9.30. The Hall–Kier alpha value is 0.114. The molecule has 3 nitrogen and oxygen atoms in total. The van der Waals surface area contributed by atoms with Gasteiger partial charge in [-0.15, -0.1) is 22.2 Å². The Bertz CT molecular complexity index is 331. The van der Waals surface area contributed by atoms with Crippen molar-refractivity contribution < 1.29 is 13.0 Å². The van der Waals surface area contributed by atoms with E-state index in [1.807, 2.05) is 30.3 Å². The van der Waals surface area contributed by atoms with Crippen LogP contribution in [0.2, 0.25) is 6.55 Å². The Labute approximate surface area is 107 Å². The van der Waals surface area contributed by atoms with Crippen molar-refractivity contribution in [2.75, 3.05) is 14.2 Å². The third kappa shape index (κ3) is 3.56. The molecule has 0 aromatic heterocycles. The van der Waals surface area contributed by atoms with Crippen LogP contribution in [0.4, 0.5) is 0 Å². The van der Waals surface area contributed by atoms with Crippen LogP contribution in [0.25, 0.3) is 0 Å². The van der Waals surface area contributed by atoms with Gasteiger partial charge in [0.1, 0.15) is 0 Å². The predicted molar refractivity (Wildman–Crippen MR) is 70.3 cm³/mol. The molecule has 0 heterocycles. The van der Waals surface area contributed by atoms with Gasteiger partial charge in [0, 0.05) is 20.8 Å². The van der Waals surface area contributed by atoms with Crippen LogP contribution in [0.1, 0.15) is 0 Å². The van der Waals surface area contributed by atoms with Crippen LogP contribution in [0.15, 0.2) is 30.3 Å². The van der Waals surface area contributed by atoms with Crippen LogP contribution >= 0.6 is 22.2 Å². The molecule has 0 spiro atoms. The summed E-state index contributed by atoms with van der Waals surface area (Å²) in [6.45, 7) is -1.25. The summed E-state index contributed by atoms with van der Waals surface area (Å²) in [4.78, 5) is 0. The van der Waals surface area contributed by atoms with Crippen LogP contribution in [0.5, 0.6) is 0 Å². The molecule has 7 heteroatoms. The Balaban J connectivity index is 2.87. The third-order valence-corrected chi connectivity index (χ3v) is 9.86. The highest BCUT2D eigenvalue weighted by atomic mass is 35.7. The van der Waals surface area contributed by atoms with Crippen molar-refractivity contribution in [2.24, 2.45) is 0 Å². The maximum atomic E-state index is 6.26. The first kappa shape index (κ1) is 14.2. The first-order chi connectivity index (χ1) is 7.43. The fourth-order valence-corrected chi connectivity index (χ4v) is 8.12. The summed E-state index contributed by atoms with van der Waals surface area (Å²) in [5.74, 6) is 0. The molecule has 1 aromatic carbocycles. The molecule has 0 saturated heterocycles. The van der Waals surface area contributed by atoms with Gasteiger partial charge >= 0.3 is 15.7 Å². The summed E-state index contributed by atoms with van der Waals surface area (Å²) in [6.07, 6.45) is 0. The highest BCUT2D eigenvalue weighted by molar-refractivity contribution is 7.49. The van der Waals surface area contributed by atoms with Crippen molar-refractivity contribution in [3.63, 3.8) is 0 Å². The largest absolute Gasteiger partial charge is 0.488 e. The molecule has 0 aliphatic rings. The minimum Gasteiger partial charge on any atom is -0.388 e. The lowest BCUT2D eigenvalue weighted by Gasteiger charge is -2.28. The zero-order valence-electron chi connectivity index (χ0n) is 9.37. The summed E-state index contributed by atoms with van der Waals surface area (Å²) in [7, 11) is 0.336. The van der Waals surface area contributed by atoms with Gasteiger partial charge < -0.3 is 13.0 Å². The van der Waals surface area contributed by atoms with Gasteiger partial charge in [0.25, 0.3) is 0 Å². The van der Waals surface area contributed by atoms with E-state index in [0.29, 0.717) is 0 Å². The number of rotatable bonds is 5. The van der Waals surface area contributed by atoms with E-state index in [0.717, 1.165) is 5.19 Å². The van der Waals surface area contributed by atoms with Crippen LogP contribution in [-0.2, 0) is 13.0 Å². The van der Waals surface area contributed by atoms with E-state index in [9.17, 15) is 0 Å². The maximum absolute atomic E-state index is 6.26. The molecule has 0 N–H and O–H groups in total. The third-order valence-electron chi connectivity index (χ3n) is 2.17. The van der Waals surface area contributed by atoms with Crippen LogP contribution in [0.3, 0.4) is 0 Å². The number of hydrogen-bond acceptors (Lipinski definition) is 3. The van der Waals surface area contributed by atoms with Crippen molar-refractivity contribution in [1.29, 1.82) is 0 Å². The molecule has 90 valence electrons. The predicted octanol–water partition coefficient (Wildman–Crippen LogP) is 2.19. The molecule has 0 fully saturated rings. The Morgan fingerprint density at radius 1 is 1.00 bits per heavy atom. The summed E-state index contributed by atoms with van der Waals surface area (Å²) in [5.41, 5.74) is 0. The minimum atomic E-state index is -3.00. The second-order valence-electron chi connectivity index (χ2n) is 3.26. The van der Waals surface area contributed by atoms with Gasteiger partial charge in [0.05, 0.1) is 0 Å². The maximum Gasteiger partial charge on any atom is 0.488 e. The molecular weight excluding hydrogens is 283 g/mol. The average molecular weight is 297 g/mol. The van der Waals surface area contributed by atoms with Crippen LogP contribution < -0.4 is 5.19 Å². The van der Waals surface area contributed by atoms with Gasteiger partial charge in [0.15, 0.2) is 0 Å². The van der Waals surface area contributed by atoms with Gasteiger partial charge in [-0.05, 0) is 5.19 Å². The molecule has 0 radical (unpaired) electrons. The van der Waals surface area contributed by atoms with Crippen molar-refractivity contribution >= 4 is 43.1 Å². The van der Waals surface area contributed by atoms with Crippen molar-refractivity contribution in [2.45, 2.75) is 6.55 Å². The van der Waals surface area contributed by atoms with Crippen LogP contribution in [0, 0.1) is 0 Å². The molecular formula is C9H14Cl2O3Si2. The molecule has 0 saturated carbocycles. The quantitative estimate of drug-likeness (QED) is 0.616. The molecule has 0 aliphatic heterocycles. The first-order valence-corrected chi connectivity index (χ1v) is 10.8. The van der Waals surface area contributed by atoms with Gasteiger partial charge in [0.2, 0.25) is 0 Å². The van der Waals surface area contributed by atoms with E-state index < -0.39 is 15.7 Å². The topological polar surface area (TPSA) is 27.7 Å². The van der Waals surface area contributed by atoms with Gasteiger partial charge in [-0.3, -0.25) is 0 Å². The lowest BCUT2D eigenvalue weighted by molar-refractivity contribution is 0.171. The lowest BCUT2D eigenvalue weighted by Crippen LogP contribution is -2.53. The zero-order chi connectivity index (χ0) is 12.2. The second kappa shape index (κ2) is 5.64. The number of halogens is 2. The lowest BCUT2D eigenvalue weighted by atomic mass is 10.4. The Morgan fingerprint density at radius 2 is 1.50 bits per heavy atom. The van der Waals surface area contributed by atoms with E-state index in [2.05, 4.69) is 0 Å². The van der Waals surface area contributed by atoms with Crippen molar-refractivity contribution in [1.82, 2.24) is 0 Å². The summed E-state index contributed by atoms with van der Waals surface area (Å²) >= 11 is 12.5. The highest BCUT2D eigenvalue weighted by Crippen LogP contribution is 2.22. The smallest absolute Gasteiger partial charge is 0.388 e. The number of hydrogen-bond donors (Lipinski definition) is 0. The fourth-order valence-electron chi connectivity index (χ4n) is 1.09. The SMILES string of the molecule is CO[Si](C)(OC)O[Si](Cl)(Cl)c1ccccc1. The average Bonchev–Trinajstić information content (AvgIpc) is 2.29. The van der Waals surface area contributed by atoms with E-state index in [1.54, 1.807) is 6.55 Å². The van der Waals surface area contributed by atoms with E-state index in [-0.39, 0.29) is 0 Å². The standard InChI is InChI=1S/C9H14Cl2O3Si2/c1-12-15(3,13-2)14-16(10,11)9-7-5-4-6-8-9/h4-8H,1-3H3. The van der Waals surface area contributed by atoms with E-state index in [4.69, 9.17) is 35.1 Å². The molecule has 0 aliphatic carbocycles. The fraction of sp³-hybridized carbons (Fsp3) is 0.333. The Kier molecular flexibility index (Phi) is 4.99. The van der Waals surface area contributed by atoms with Gasteiger partial charge in [-0.2, -0.15) is 0 Å². The molecule has 1 rings (SSSR count). The molecule has 0 bridgehead atoms.